The van der Waals surface area contributed by atoms with Gasteiger partial charge < -0.3 is 14.2 Å². The summed E-state index contributed by atoms with van der Waals surface area (Å²) in [6.07, 6.45) is 0.332. The fourth-order valence-electron chi connectivity index (χ4n) is 4.24. The third-order valence-corrected chi connectivity index (χ3v) is 5.65. The first kappa shape index (κ1) is 22.2. The van der Waals surface area contributed by atoms with Crippen molar-refractivity contribution in [1.29, 1.82) is 0 Å². The minimum Gasteiger partial charge on any atom is -0.353 e. The van der Waals surface area contributed by atoms with Crippen molar-refractivity contribution in [3.8, 4) is 0 Å². The molecule has 1 saturated heterocycles. The van der Waals surface area contributed by atoms with Crippen LogP contribution in [0.4, 0.5) is 0 Å². The zero-order valence-corrected chi connectivity index (χ0v) is 18.4. The average molecular weight is 429 g/mol. The molecule has 0 aliphatic carbocycles. The highest BCUT2D eigenvalue weighted by atomic mass is 16.8. The highest BCUT2D eigenvalue weighted by Crippen LogP contribution is 2.40. The van der Waals surface area contributed by atoms with Crippen LogP contribution in [0.1, 0.15) is 30.5 Å². The van der Waals surface area contributed by atoms with Gasteiger partial charge in [0.1, 0.15) is 18.3 Å². The van der Waals surface area contributed by atoms with Crippen LogP contribution in [0.5, 0.6) is 0 Å². The Labute approximate surface area is 189 Å². The van der Waals surface area contributed by atoms with E-state index in [-0.39, 0.29) is 12.4 Å². The largest absolute Gasteiger partial charge is 0.353 e. The van der Waals surface area contributed by atoms with E-state index in [1.165, 1.54) is 0 Å². The first-order valence-corrected chi connectivity index (χ1v) is 10.8. The number of hydrogen-bond acceptors (Lipinski definition) is 4. The maximum Gasteiger partial charge on any atom is 0.190 e. The Balaban J connectivity index is 1.75. The van der Waals surface area contributed by atoms with E-state index >= 15 is 0 Å². The zero-order valence-electron chi connectivity index (χ0n) is 18.4. The van der Waals surface area contributed by atoms with Crippen LogP contribution in [0.25, 0.3) is 0 Å². The standard InChI is InChI=1S/C28H28O4/c1-4-25-26(32-27(2,3)31-25)24(29)20-30-28(21-14-8-5-9-15-21,22-16-10-6-11-17-22)23-18-12-7-13-19-23/h4-19,25-26H,1,20H2,2-3H3. The Hall–Kier alpha value is -3.05. The van der Waals surface area contributed by atoms with Crippen molar-refractivity contribution in [2.45, 2.75) is 37.4 Å². The van der Waals surface area contributed by atoms with E-state index in [0.29, 0.717) is 0 Å². The topological polar surface area (TPSA) is 44.8 Å². The van der Waals surface area contributed by atoms with Crippen molar-refractivity contribution in [3.63, 3.8) is 0 Å². The Morgan fingerprint density at radius 2 is 1.31 bits per heavy atom. The molecule has 1 aliphatic rings. The van der Waals surface area contributed by atoms with Crippen molar-refractivity contribution in [3.05, 3.63) is 120 Å². The second-order valence-corrected chi connectivity index (χ2v) is 8.29. The third-order valence-electron chi connectivity index (χ3n) is 5.65. The van der Waals surface area contributed by atoms with Crippen LogP contribution in [0.15, 0.2) is 104 Å². The van der Waals surface area contributed by atoms with E-state index in [1.807, 2.05) is 91.0 Å². The quantitative estimate of drug-likeness (QED) is 0.362. The van der Waals surface area contributed by atoms with Crippen molar-refractivity contribution in [2.75, 3.05) is 6.61 Å². The number of benzene rings is 3. The SMILES string of the molecule is C=CC1OC(C)(C)OC1C(=O)COC(c1ccccc1)(c1ccccc1)c1ccccc1. The van der Waals surface area contributed by atoms with Crippen LogP contribution in [0, 0.1) is 0 Å². The molecule has 1 aliphatic heterocycles. The van der Waals surface area contributed by atoms with Crippen molar-refractivity contribution < 1.29 is 19.0 Å². The van der Waals surface area contributed by atoms with Gasteiger partial charge in [0.25, 0.3) is 0 Å². The van der Waals surface area contributed by atoms with Crippen molar-refractivity contribution in [1.82, 2.24) is 0 Å². The summed E-state index contributed by atoms with van der Waals surface area (Å²) in [6, 6.07) is 29.9. The molecule has 4 rings (SSSR count). The van der Waals surface area contributed by atoms with E-state index in [0.717, 1.165) is 16.7 Å². The normalized spacial score (nSPS) is 20.1. The molecule has 4 nitrogen and oxygen atoms in total. The highest BCUT2D eigenvalue weighted by molar-refractivity contribution is 5.85. The van der Waals surface area contributed by atoms with Gasteiger partial charge >= 0.3 is 0 Å². The first-order valence-electron chi connectivity index (χ1n) is 10.8. The average Bonchev–Trinajstić information content (AvgIpc) is 3.16. The molecule has 3 aromatic rings. The Bertz CT molecular complexity index is 948. The summed E-state index contributed by atoms with van der Waals surface area (Å²) in [5, 5.41) is 0. The number of hydrogen-bond donors (Lipinski definition) is 0. The molecule has 0 spiro atoms. The Morgan fingerprint density at radius 3 is 1.72 bits per heavy atom. The van der Waals surface area contributed by atoms with E-state index in [4.69, 9.17) is 14.2 Å². The van der Waals surface area contributed by atoms with Gasteiger partial charge in [-0.1, -0.05) is 97.1 Å². The van der Waals surface area contributed by atoms with E-state index < -0.39 is 23.6 Å². The van der Waals surface area contributed by atoms with Crippen molar-refractivity contribution in [2.24, 2.45) is 0 Å². The molecule has 0 saturated carbocycles. The maximum atomic E-state index is 13.3. The molecule has 0 N–H and O–H groups in total. The number of ether oxygens (including phenoxy) is 3. The lowest BCUT2D eigenvalue weighted by Gasteiger charge is -2.36. The molecule has 1 fully saturated rings. The van der Waals surface area contributed by atoms with E-state index in [2.05, 4.69) is 6.58 Å². The molecule has 0 bridgehead atoms. The predicted molar refractivity (Wildman–Crippen MR) is 124 cm³/mol. The predicted octanol–water partition coefficient (Wildman–Crippen LogP) is 5.27. The molecule has 0 aromatic heterocycles. The lowest BCUT2D eigenvalue weighted by atomic mass is 9.80. The third kappa shape index (κ3) is 4.30. The second kappa shape index (κ2) is 9.21. The smallest absolute Gasteiger partial charge is 0.190 e. The number of ketones is 1. The monoisotopic (exact) mass is 428 g/mol. The molecule has 4 heteroatoms. The maximum absolute atomic E-state index is 13.3. The van der Waals surface area contributed by atoms with Gasteiger partial charge in [-0.3, -0.25) is 4.79 Å². The number of rotatable bonds is 8. The second-order valence-electron chi connectivity index (χ2n) is 8.29. The molecule has 3 aromatic carbocycles. The van der Waals surface area contributed by atoms with Crippen LogP contribution in [0.3, 0.4) is 0 Å². The fraction of sp³-hybridized carbons (Fsp3) is 0.250. The highest BCUT2D eigenvalue weighted by Gasteiger charge is 2.45. The molecule has 2 unspecified atom stereocenters. The van der Waals surface area contributed by atoms with Gasteiger partial charge in [0.15, 0.2) is 17.7 Å². The van der Waals surface area contributed by atoms with Gasteiger partial charge in [-0.05, 0) is 30.5 Å². The fourth-order valence-corrected chi connectivity index (χ4v) is 4.24. The number of carbonyl (C=O) groups excluding carboxylic acids is 1. The molecule has 2 atom stereocenters. The lowest BCUT2D eigenvalue weighted by Crippen LogP contribution is -2.39. The lowest BCUT2D eigenvalue weighted by molar-refractivity contribution is -0.157. The summed E-state index contributed by atoms with van der Waals surface area (Å²) in [5.41, 5.74) is 1.86. The molecule has 0 radical (unpaired) electrons. The Kier molecular flexibility index (Phi) is 6.38. The van der Waals surface area contributed by atoms with Crippen LogP contribution in [0.2, 0.25) is 0 Å². The van der Waals surface area contributed by atoms with Crippen LogP contribution >= 0.6 is 0 Å². The molecule has 1 heterocycles. The summed E-state index contributed by atoms with van der Waals surface area (Å²) in [5.74, 6) is -1.04. The van der Waals surface area contributed by atoms with Crippen molar-refractivity contribution >= 4 is 5.78 Å². The van der Waals surface area contributed by atoms with Gasteiger partial charge in [-0.15, -0.1) is 6.58 Å². The summed E-state index contributed by atoms with van der Waals surface area (Å²) in [7, 11) is 0. The summed E-state index contributed by atoms with van der Waals surface area (Å²) in [6.45, 7) is 7.23. The summed E-state index contributed by atoms with van der Waals surface area (Å²) < 4.78 is 18.3. The Morgan fingerprint density at radius 1 is 0.875 bits per heavy atom. The van der Waals surface area contributed by atoms with E-state index in [9.17, 15) is 4.79 Å². The van der Waals surface area contributed by atoms with Gasteiger partial charge in [0.2, 0.25) is 0 Å². The van der Waals surface area contributed by atoms with Gasteiger partial charge in [-0.25, -0.2) is 0 Å². The minimum atomic E-state index is -0.960. The van der Waals surface area contributed by atoms with Crippen LogP contribution in [-0.2, 0) is 24.6 Å². The van der Waals surface area contributed by atoms with Crippen LogP contribution < -0.4 is 0 Å². The zero-order chi connectivity index (χ0) is 22.6. The minimum absolute atomic E-state index is 0.146. The number of Topliss-reactive ketones (excluding diaryl/α,β-unsaturated/α-hetero) is 1. The molecular formula is C28H28O4. The van der Waals surface area contributed by atoms with Crippen LogP contribution in [-0.4, -0.2) is 30.4 Å². The summed E-state index contributed by atoms with van der Waals surface area (Å²) >= 11 is 0. The molecular weight excluding hydrogens is 400 g/mol. The first-order chi connectivity index (χ1) is 15.5. The van der Waals surface area contributed by atoms with Gasteiger partial charge in [-0.2, -0.15) is 0 Å². The molecule has 0 amide bonds. The van der Waals surface area contributed by atoms with E-state index in [1.54, 1.807) is 19.9 Å². The van der Waals surface area contributed by atoms with Gasteiger partial charge in [0.05, 0.1) is 0 Å². The molecule has 164 valence electrons. The summed E-state index contributed by atoms with van der Waals surface area (Å²) in [4.78, 5) is 13.3. The molecule has 32 heavy (non-hydrogen) atoms. The van der Waals surface area contributed by atoms with Gasteiger partial charge in [0, 0.05) is 0 Å². The number of carbonyl (C=O) groups is 1.